The summed E-state index contributed by atoms with van der Waals surface area (Å²) in [6.45, 7) is 5.67. The van der Waals surface area contributed by atoms with Gasteiger partial charge in [-0.15, -0.1) is 0 Å². The number of allylic oxidation sites excluding steroid dienone is 5. The summed E-state index contributed by atoms with van der Waals surface area (Å²) >= 11 is 0. The van der Waals surface area contributed by atoms with Gasteiger partial charge in [0.05, 0.1) is 19.2 Å². The third-order valence-corrected chi connectivity index (χ3v) is 9.84. The summed E-state index contributed by atoms with van der Waals surface area (Å²) in [6, 6.07) is -2.85. The van der Waals surface area contributed by atoms with Crippen LogP contribution in [0.25, 0.3) is 0 Å². The Bertz CT molecular complexity index is 1450. The van der Waals surface area contributed by atoms with Gasteiger partial charge in [0.2, 0.25) is 23.5 Å². The summed E-state index contributed by atoms with van der Waals surface area (Å²) in [6.07, 6.45) is 12.8. The maximum absolute atomic E-state index is 14.1. The lowest BCUT2D eigenvalue weighted by Gasteiger charge is -2.35. The number of nitrogens with one attached hydrogen (secondary N) is 4. The highest BCUT2D eigenvalue weighted by atomic mass is 16.5. The fourth-order valence-corrected chi connectivity index (χ4v) is 7.06. The number of fused-ring (bicyclic) bond motifs is 1. The second-order valence-electron chi connectivity index (χ2n) is 14.6. The van der Waals surface area contributed by atoms with E-state index in [0.29, 0.717) is 25.0 Å². The Morgan fingerprint density at radius 3 is 2.35 bits per heavy atom. The van der Waals surface area contributed by atoms with Gasteiger partial charge >= 0.3 is 6.09 Å². The van der Waals surface area contributed by atoms with Crippen molar-refractivity contribution < 1.29 is 38.3 Å². The van der Waals surface area contributed by atoms with Gasteiger partial charge in [-0.25, -0.2) is 4.79 Å². The van der Waals surface area contributed by atoms with Crippen LogP contribution >= 0.6 is 0 Å². The van der Waals surface area contributed by atoms with E-state index in [9.17, 15) is 33.6 Å². The molecule has 14 heteroatoms. The standard InChI is InChI=1S/C37H54N6O8/c1-6-13-27(32(45)34(47)38-19-28(44)40-29(35(48)42(4)5)23-14-9-7-10-15-23)39-33(46)31-26-18-25(26)20-43(31)36(49)30(24-16-11-8-12-17-24)41-37(50)51-21-22(2)3/h7,9-10,14,22,24-27,30-31H,6,8,11-13,15-21H2,1-5H3,(H,38,47)(H,39,46)(H,40,44)(H,41,50)/t25?,26-,27?,30-,31-/m0/s1. The highest BCUT2D eigenvalue weighted by molar-refractivity contribution is 6.38. The molecule has 0 aromatic heterocycles. The SMILES string of the molecule is CCCC(NC(=O)[C@@H]1[C@H]2CC2CN1C(=O)[C@@H](NC(=O)OCC(C)C)C1CCCCC1)C(=O)C(=O)NCC(=O)NC(C(=O)N(C)C)=C1C=CC=CC1. The molecule has 3 fully saturated rings. The van der Waals surface area contributed by atoms with Crippen LogP contribution in [0.2, 0.25) is 0 Å². The largest absolute Gasteiger partial charge is 0.449 e. The molecule has 51 heavy (non-hydrogen) atoms. The van der Waals surface area contributed by atoms with Gasteiger partial charge in [-0.3, -0.25) is 28.8 Å². The second kappa shape index (κ2) is 18.1. The molecular weight excluding hydrogens is 656 g/mol. The molecule has 1 heterocycles. The highest BCUT2D eigenvalue weighted by Gasteiger charge is 2.58. The number of piperidine rings is 1. The molecule has 2 unspecified atom stereocenters. The van der Waals surface area contributed by atoms with Gasteiger partial charge in [0.25, 0.3) is 11.8 Å². The molecule has 0 radical (unpaired) electrons. The number of hydrogen-bond donors (Lipinski definition) is 4. The molecule has 5 atom stereocenters. The van der Waals surface area contributed by atoms with Crippen molar-refractivity contribution in [2.75, 3.05) is 33.8 Å². The molecule has 280 valence electrons. The second-order valence-corrected chi connectivity index (χ2v) is 14.6. The Labute approximate surface area is 300 Å². The fourth-order valence-electron chi connectivity index (χ4n) is 7.06. The number of alkyl carbamates (subject to hydrolysis) is 1. The van der Waals surface area contributed by atoms with Crippen LogP contribution in [0.1, 0.15) is 78.6 Å². The van der Waals surface area contributed by atoms with E-state index < -0.39 is 60.2 Å². The van der Waals surface area contributed by atoms with Crippen molar-refractivity contribution in [3.05, 3.63) is 35.6 Å². The number of ether oxygens (including phenoxy) is 1. The van der Waals surface area contributed by atoms with E-state index in [2.05, 4.69) is 21.3 Å². The normalized spacial score (nSPS) is 23.0. The first kappa shape index (κ1) is 39.3. The monoisotopic (exact) mass is 710 g/mol. The maximum Gasteiger partial charge on any atom is 0.407 e. The molecule has 0 bridgehead atoms. The van der Waals surface area contributed by atoms with Crippen molar-refractivity contribution in [2.24, 2.45) is 23.7 Å². The van der Waals surface area contributed by atoms with Crippen molar-refractivity contribution in [3.8, 4) is 0 Å². The first-order chi connectivity index (χ1) is 24.3. The Morgan fingerprint density at radius 1 is 1.00 bits per heavy atom. The van der Waals surface area contributed by atoms with E-state index >= 15 is 0 Å². The van der Waals surface area contributed by atoms with E-state index in [4.69, 9.17) is 4.74 Å². The Morgan fingerprint density at radius 2 is 1.73 bits per heavy atom. The number of rotatable bonds is 15. The fraction of sp³-hybridized carbons (Fsp3) is 0.649. The van der Waals surface area contributed by atoms with E-state index in [0.717, 1.165) is 38.5 Å². The number of ketones is 1. The number of amides is 6. The minimum Gasteiger partial charge on any atom is -0.449 e. The lowest BCUT2D eigenvalue weighted by atomic mass is 9.83. The van der Waals surface area contributed by atoms with Crippen LogP contribution in [0.4, 0.5) is 4.79 Å². The Balaban J connectivity index is 1.40. The number of Topliss-reactive ketones (excluding diaryl/α,β-unsaturated/α-hetero) is 1. The molecule has 14 nitrogen and oxygen atoms in total. The van der Waals surface area contributed by atoms with Crippen molar-refractivity contribution in [1.82, 2.24) is 31.1 Å². The molecule has 1 aliphatic heterocycles. The van der Waals surface area contributed by atoms with Gasteiger partial charge in [-0.05, 0) is 61.3 Å². The smallest absolute Gasteiger partial charge is 0.407 e. The molecule has 4 N–H and O–H groups in total. The van der Waals surface area contributed by atoms with E-state index in [1.165, 1.54) is 9.80 Å². The predicted octanol–water partition coefficient (Wildman–Crippen LogP) is 2.11. The van der Waals surface area contributed by atoms with Gasteiger partial charge in [-0.2, -0.15) is 0 Å². The topological polar surface area (TPSA) is 183 Å². The molecule has 1 saturated heterocycles. The van der Waals surface area contributed by atoms with Crippen LogP contribution in [-0.2, 0) is 33.5 Å². The Kier molecular flexibility index (Phi) is 14.0. The summed E-state index contributed by atoms with van der Waals surface area (Å²) in [7, 11) is 3.11. The van der Waals surface area contributed by atoms with Gasteiger partial charge in [0.1, 0.15) is 17.8 Å². The van der Waals surface area contributed by atoms with Gasteiger partial charge in [0.15, 0.2) is 0 Å². The maximum atomic E-state index is 14.1. The molecule has 6 amide bonds. The number of nitrogens with zero attached hydrogens (tertiary/aromatic N) is 2. The van der Waals surface area contributed by atoms with Crippen LogP contribution in [0.5, 0.6) is 0 Å². The van der Waals surface area contributed by atoms with Gasteiger partial charge in [0, 0.05) is 20.6 Å². The number of likely N-dealkylation sites (tertiary alicyclic amines) is 1. The summed E-state index contributed by atoms with van der Waals surface area (Å²) < 4.78 is 5.35. The van der Waals surface area contributed by atoms with Crippen LogP contribution in [0, 0.1) is 23.7 Å². The molecule has 4 aliphatic rings. The minimum absolute atomic E-state index is 0.0738. The lowest BCUT2D eigenvalue weighted by Crippen LogP contribution is -2.59. The zero-order valence-electron chi connectivity index (χ0n) is 30.5. The summed E-state index contributed by atoms with van der Waals surface area (Å²) in [5.41, 5.74) is 0.673. The first-order valence-corrected chi connectivity index (χ1v) is 18.3. The number of likely N-dealkylation sites (N-methyl/N-ethyl adjacent to an activating group) is 1. The minimum atomic E-state index is -1.18. The number of carbonyl (C=O) groups excluding carboxylic acids is 7. The summed E-state index contributed by atoms with van der Waals surface area (Å²) in [5.74, 6) is -3.83. The van der Waals surface area contributed by atoms with Crippen LogP contribution < -0.4 is 21.3 Å². The van der Waals surface area contributed by atoms with Crippen molar-refractivity contribution in [2.45, 2.75) is 96.7 Å². The quantitative estimate of drug-likeness (QED) is 0.147. The highest BCUT2D eigenvalue weighted by Crippen LogP contribution is 2.50. The third-order valence-electron chi connectivity index (χ3n) is 9.84. The van der Waals surface area contributed by atoms with Crippen LogP contribution in [0.3, 0.4) is 0 Å². The van der Waals surface area contributed by atoms with Crippen LogP contribution in [-0.4, -0.2) is 103 Å². The van der Waals surface area contributed by atoms with E-state index in [1.54, 1.807) is 26.2 Å². The molecule has 3 aliphatic carbocycles. The molecular formula is C37H54N6O8. The molecule has 4 rings (SSSR count). The van der Waals surface area contributed by atoms with Gasteiger partial charge < -0.3 is 35.8 Å². The zero-order chi connectivity index (χ0) is 37.2. The molecule has 0 aromatic carbocycles. The number of carbonyl (C=O) groups is 7. The van der Waals surface area contributed by atoms with E-state index in [-0.39, 0.29) is 48.3 Å². The van der Waals surface area contributed by atoms with Crippen molar-refractivity contribution in [1.29, 1.82) is 0 Å². The lowest BCUT2D eigenvalue weighted by molar-refractivity contribution is -0.144. The predicted molar refractivity (Wildman–Crippen MR) is 188 cm³/mol. The summed E-state index contributed by atoms with van der Waals surface area (Å²) in [5, 5.41) is 10.4. The molecule has 0 spiro atoms. The molecule has 0 aromatic rings. The van der Waals surface area contributed by atoms with Crippen LogP contribution in [0.15, 0.2) is 35.6 Å². The third kappa shape index (κ3) is 10.5. The number of hydrogen-bond acceptors (Lipinski definition) is 8. The van der Waals surface area contributed by atoms with Crippen molar-refractivity contribution in [3.63, 3.8) is 0 Å². The Hall–Kier alpha value is -4.49. The zero-order valence-corrected chi connectivity index (χ0v) is 30.5. The summed E-state index contributed by atoms with van der Waals surface area (Å²) in [4.78, 5) is 95.5. The first-order valence-electron chi connectivity index (χ1n) is 18.3. The van der Waals surface area contributed by atoms with E-state index in [1.807, 2.05) is 32.9 Å². The average Bonchev–Trinajstić information content (AvgIpc) is 3.78. The average molecular weight is 711 g/mol. The molecule has 2 saturated carbocycles. The van der Waals surface area contributed by atoms with Crippen molar-refractivity contribution >= 4 is 41.4 Å². The van der Waals surface area contributed by atoms with Gasteiger partial charge in [-0.1, -0.05) is 70.8 Å².